The zero-order valence-electron chi connectivity index (χ0n) is 18.6. The van der Waals surface area contributed by atoms with Gasteiger partial charge in [0.25, 0.3) is 11.8 Å². The predicted molar refractivity (Wildman–Crippen MR) is 130 cm³/mol. The molecule has 33 heavy (non-hydrogen) atoms. The second kappa shape index (κ2) is 10.7. The summed E-state index contributed by atoms with van der Waals surface area (Å²) < 4.78 is 5.56. The number of rotatable bonds is 9. The molecule has 0 aliphatic rings. The van der Waals surface area contributed by atoms with Gasteiger partial charge in [0.1, 0.15) is 5.76 Å². The Bertz CT molecular complexity index is 1100. The van der Waals surface area contributed by atoms with Crippen LogP contribution in [0.5, 0.6) is 0 Å². The zero-order valence-corrected chi connectivity index (χ0v) is 20.2. The number of carbonyl (C=O) groups excluding carboxylic acids is 3. The number of amides is 3. The third-order valence-electron chi connectivity index (χ3n) is 5.16. The van der Waals surface area contributed by atoms with Crippen LogP contribution in [0.15, 0.2) is 64.6 Å². The van der Waals surface area contributed by atoms with E-state index in [9.17, 15) is 14.4 Å². The molecule has 0 radical (unpaired) electrons. The minimum Gasteiger partial charge on any atom is -0.467 e. The lowest BCUT2D eigenvalue weighted by atomic mass is 10.0. The summed E-state index contributed by atoms with van der Waals surface area (Å²) in [7, 11) is 0. The third kappa shape index (κ3) is 6.24. The number of thiophene rings is 1. The molecule has 0 fully saturated rings. The molecule has 1 aromatic carbocycles. The lowest BCUT2D eigenvalue weighted by Gasteiger charge is -2.33. The van der Waals surface area contributed by atoms with Crippen molar-refractivity contribution in [2.45, 2.75) is 38.8 Å². The van der Waals surface area contributed by atoms with E-state index >= 15 is 0 Å². The van der Waals surface area contributed by atoms with Gasteiger partial charge in [-0.1, -0.05) is 30.7 Å². The number of carbonyl (C=O) groups is 3. The number of nitrogens with one attached hydrogen (secondary N) is 2. The van der Waals surface area contributed by atoms with Crippen molar-refractivity contribution in [1.29, 1.82) is 0 Å². The fourth-order valence-corrected chi connectivity index (χ4v) is 3.93. The average molecular weight is 488 g/mol. The Morgan fingerprint density at radius 1 is 1.15 bits per heavy atom. The van der Waals surface area contributed by atoms with Gasteiger partial charge in [-0.2, -0.15) is 0 Å². The highest BCUT2D eigenvalue weighted by Crippen LogP contribution is 2.30. The Labute approximate surface area is 201 Å². The Hall–Kier alpha value is -3.10. The normalized spacial score (nSPS) is 12.1. The van der Waals surface area contributed by atoms with E-state index in [1.807, 2.05) is 20.8 Å². The molecule has 0 saturated heterocycles. The van der Waals surface area contributed by atoms with Gasteiger partial charge in [-0.05, 0) is 62.0 Å². The van der Waals surface area contributed by atoms with E-state index in [-0.39, 0.29) is 18.2 Å². The first-order valence-electron chi connectivity index (χ1n) is 10.5. The monoisotopic (exact) mass is 487 g/mol. The van der Waals surface area contributed by atoms with Crippen molar-refractivity contribution in [3.8, 4) is 0 Å². The molecule has 2 N–H and O–H groups in total. The van der Waals surface area contributed by atoms with Crippen LogP contribution in [-0.4, -0.2) is 29.8 Å². The number of anilines is 1. The molecule has 1 atom stereocenters. The molecular weight excluding hydrogens is 462 g/mol. The molecule has 3 aromatic rings. The molecule has 0 aliphatic heterocycles. The Balaban J connectivity index is 1.97. The summed E-state index contributed by atoms with van der Waals surface area (Å²) in [4.78, 5) is 41.1. The minimum absolute atomic E-state index is 0.289. The van der Waals surface area contributed by atoms with Gasteiger partial charge in [0.2, 0.25) is 5.91 Å². The van der Waals surface area contributed by atoms with E-state index in [1.54, 1.807) is 53.9 Å². The first kappa shape index (κ1) is 24.5. The van der Waals surface area contributed by atoms with Crippen molar-refractivity contribution < 1.29 is 18.8 Å². The number of benzene rings is 1. The lowest BCUT2D eigenvalue weighted by Crippen LogP contribution is -2.52. The van der Waals surface area contributed by atoms with Gasteiger partial charge in [-0.25, -0.2) is 0 Å². The maximum Gasteiger partial charge on any atom is 0.261 e. The highest BCUT2D eigenvalue weighted by atomic mass is 35.5. The second-order valence-electron chi connectivity index (χ2n) is 8.05. The standard InChI is InChI=1S/C24H26ClN3O4S/c1-4-24(2,3)27-23(31)21(18-10-6-12-32-18)28(17-9-5-8-16(25)14-17)20(29)15-26-22(30)19-11-7-13-33-19/h5-14,21H,4,15H2,1-3H3,(H,26,30)(H,27,31)/t21-/m0/s1. The van der Waals surface area contributed by atoms with Crippen molar-refractivity contribution in [2.24, 2.45) is 0 Å². The lowest BCUT2D eigenvalue weighted by molar-refractivity contribution is -0.128. The fraction of sp³-hybridized carbons (Fsp3) is 0.292. The van der Waals surface area contributed by atoms with Crippen LogP contribution in [0.25, 0.3) is 0 Å². The highest BCUT2D eigenvalue weighted by Gasteiger charge is 2.36. The molecule has 0 saturated carbocycles. The largest absolute Gasteiger partial charge is 0.467 e. The van der Waals surface area contributed by atoms with Crippen LogP contribution in [0.4, 0.5) is 5.69 Å². The van der Waals surface area contributed by atoms with Gasteiger partial charge >= 0.3 is 0 Å². The zero-order chi connectivity index (χ0) is 24.0. The van der Waals surface area contributed by atoms with Crippen LogP contribution in [0.1, 0.15) is 48.7 Å². The molecule has 0 aliphatic carbocycles. The first-order chi connectivity index (χ1) is 15.7. The maximum atomic E-state index is 13.5. The number of halogens is 1. The minimum atomic E-state index is -1.10. The Morgan fingerprint density at radius 3 is 2.55 bits per heavy atom. The van der Waals surface area contributed by atoms with Crippen molar-refractivity contribution in [3.63, 3.8) is 0 Å². The summed E-state index contributed by atoms with van der Waals surface area (Å²) in [6.45, 7) is 5.45. The first-order valence-corrected chi connectivity index (χ1v) is 11.7. The molecule has 0 spiro atoms. The average Bonchev–Trinajstić information content (AvgIpc) is 3.49. The summed E-state index contributed by atoms with van der Waals surface area (Å²) >= 11 is 7.47. The molecule has 0 bridgehead atoms. The molecule has 9 heteroatoms. The molecule has 174 valence electrons. The molecule has 0 unspecified atom stereocenters. The van der Waals surface area contributed by atoms with E-state index in [1.165, 1.54) is 22.5 Å². The SMILES string of the molecule is CCC(C)(C)NC(=O)[C@H](c1ccco1)N(C(=O)CNC(=O)c1cccs1)c1cccc(Cl)c1. The van der Waals surface area contributed by atoms with Crippen LogP contribution >= 0.6 is 22.9 Å². The molecule has 2 aromatic heterocycles. The smallest absolute Gasteiger partial charge is 0.261 e. The molecule has 3 amide bonds. The summed E-state index contributed by atoms with van der Waals surface area (Å²) in [5.74, 6) is -0.976. The quantitative estimate of drug-likeness (QED) is 0.453. The summed E-state index contributed by atoms with van der Waals surface area (Å²) in [5.41, 5.74) is -0.0954. The van der Waals surface area contributed by atoms with E-state index in [0.717, 1.165) is 0 Å². The van der Waals surface area contributed by atoms with E-state index in [4.69, 9.17) is 16.0 Å². The van der Waals surface area contributed by atoms with Crippen LogP contribution in [0, 0.1) is 0 Å². The second-order valence-corrected chi connectivity index (χ2v) is 9.43. The Morgan fingerprint density at radius 2 is 1.94 bits per heavy atom. The van der Waals surface area contributed by atoms with E-state index in [2.05, 4.69) is 10.6 Å². The summed E-state index contributed by atoms with van der Waals surface area (Å²) in [5, 5.41) is 7.81. The number of nitrogens with zero attached hydrogens (tertiary/aromatic N) is 1. The molecule has 7 nitrogen and oxygen atoms in total. The van der Waals surface area contributed by atoms with Crippen LogP contribution in [0.2, 0.25) is 5.02 Å². The van der Waals surface area contributed by atoms with Crippen molar-refractivity contribution in [3.05, 3.63) is 75.8 Å². The van der Waals surface area contributed by atoms with E-state index in [0.29, 0.717) is 22.0 Å². The number of furan rings is 1. The van der Waals surface area contributed by atoms with Crippen molar-refractivity contribution >= 4 is 46.3 Å². The molecule has 3 rings (SSSR count). The summed E-state index contributed by atoms with van der Waals surface area (Å²) in [6, 6.07) is 12.3. The van der Waals surface area contributed by atoms with Crippen LogP contribution in [0.3, 0.4) is 0 Å². The van der Waals surface area contributed by atoms with Gasteiger partial charge < -0.3 is 15.1 Å². The predicted octanol–water partition coefficient (Wildman–Crippen LogP) is 4.80. The van der Waals surface area contributed by atoms with Crippen molar-refractivity contribution in [1.82, 2.24) is 10.6 Å². The van der Waals surface area contributed by atoms with Crippen LogP contribution < -0.4 is 15.5 Å². The van der Waals surface area contributed by atoms with Crippen molar-refractivity contribution in [2.75, 3.05) is 11.4 Å². The van der Waals surface area contributed by atoms with Gasteiger partial charge in [-0.15, -0.1) is 11.3 Å². The van der Waals surface area contributed by atoms with Crippen LogP contribution in [-0.2, 0) is 9.59 Å². The van der Waals surface area contributed by atoms with Gasteiger partial charge in [0, 0.05) is 16.2 Å². The third-order valence-corrected chi connectivity index (χ3v) is 6.27. The van der Waals surface area contributed by atoms with E-state index < -0.39 is 23.4 Å². The molecule has 2 heterocycles. The van der Waals surface area contributed by atoms with Gasteiger partial charge in [0.15, 0.2) is 6.04 Å². The number of hydrogen-bond acceptors (Lipinski definition) is 5. The Kier molecular flexibility index (Phi) is 7.94. The maximum absolute atomic E-state index is 13.5. The number of hydrogen-bond donors (Lipinski definition) is 2. The highest BCUT2D eigenvalue weighted by molar-refractivity contribution is 7.12. The summed E-state index contributed by atoms with van der Waals surface area (Å²) in [6.07, 6.45) is 2.13. The van der Waals surface area contributed by atoms with Gasteiger partial charge in [0.05, 0.1) is 17.7 Å². The fourth-order valence-electron chi connectivity index (χ4n) is 3.11. The molecular formula is C24H26ClN3O4S. The topological polar surface area (TPSA) is 91.7 Å². The van der Waals surface area contributed by atoms with Gasteiger partial charge in [-0.3, -0.25) is 19.3 Å².